The summed E-state index contributed by atoms with van der Waals surface area (Å²) >= 11 is 0. The summed E-state index contributed by atoms with van der Waals surface area (Å²) in [6, 6.07) is 0.632. The van der Waals surface area contributed by atoms with Crippen LogP contribution in [-0.2, 0) is 9.53 Å². The first-order chi connectivity index (χ1) is 9.31. The van der Waals surface area contributed by atoms with Gasteiger partial charge in [-0.05, 0) is 51.0 Å². The molecule has 0 spiro atoms. The minimum Gasteiger partial charge on any atom is -0.378 e. The Labute approximate surface area is 115 Å². The Morgan fingerprint density at radius 1 is 1.16 bits per heavy atom. The van der Waals surface area contributed by atoms with Gasteiger partial charge in [-0.1, -0.05) is 0 Å². The lowest BCUT2D eigenvalue weighted by atomic mass is 10.0. The van der Waals surface area contributed by atoms with Crippen LogP contribution in [0.4, 0.5) is 0 Å². The Bertz CT molecular complexity index is 303. The fraction of sp³-hybridized carbons (Fsp3) is 0.933. The van der Waals surface area contributed by atoms with Crippen molar-refractivity contribution in [2.45, 2.75) is 57.1 Å². The van der Waals surface area contributed by atoms with Gasteiger partial charge in [-0.2, -0.15) is 0 Å². The number of piperidine rings is 1. The first kappa shape index (κ1) is 13.4. The summed E-state index contributed by atoms with van der Waals surface area (Å²) < 4.78 is 5.55. The minimum absolute atomic E-state index is 0.193. The molecule has 3 aliphatic rings. The number of nitrogens with zero attached hydrogens (tertiary/aromatic N) is 1. The lowest BCUT2D eigenvalue weighted by Crippen LogP contribution is -2.45. The molecule has 1 aliphatic carbocycles. The van der Waals surface area contributed by atoms with Gasteiger partial charge in [0.2, 0.25) is 5.91 Å². The topological polar surface area (TPSA) is 41.6 Å². The number of nitrogens with one attached hydrogen (secondary N) is 1. The maximum atomic E-state index is 12.2. The molecule has 1 saturated carbocycles. The summed E-state index contributed by atoms with van der Waals surface area (Å²) in [6.07, 6.45) is 8.01. The summed E-state index contributed by atoms with van der Waals surface area (Å²) in [5, 5.41) is 3.65. The number of likely N-dealkylation sites (tertiary alicyclic amines) is 1. The molecule has 3 rings (SSSR count). The van der Waals surface area contributed by atoms with E-state index in [-0.39, 0.29) is 6.10 Å². The molecule has 4 nitrogen and oxygen atoms in total. The Hall–Kier alpha value is -0.610. The summed E-state index contributed by atoms with van der Waals surface area (Å²) in [4.78, 5) is 14.2. The van der Waals surface area contributed by atoms with Crippen LogP contribution >= 0.6 is 0 Å². The average Bonchev–Trinajstić information content (AvgIpc) is 3.13. The van der Waals surface area contributed by atoms with E-state index >= 15 is 0 Å². The highest BCUT2D eigenvalue weighted by Gasteiger charge is 2.27. The van der Waals surface area contributed by atoms with Crippen molar-refractivity contribution in [3.63, 3.8) is 0 Å². The van der Waals surface area contributed by atoms with Crippen molar-refractivity contribution in [3.05, 3.63) is 0 Å². The highest BCUT2D eigenvalue weighted by atomic mass is 16.5. The molecule has 3 fully saturated rings. The Kier molecular flexibility index (Phi) is 4.38. The second-order valence-corrected chi connectivity index (χ2v) is 6.35. The van der Waals surface area contributed by atoms with E-state index in [1.807, 2.05) is 4.90 Å². The standard InChI is InChI=1S/C15H26N2O2/c18-15(10-14-2-1-9-19-14)17-7-5-13(6-8-17)16-11-12-3-4-12/h12-14,16H,1-11H2. The lowest BCUT2D eigenvalue weighted by molar-refractivity contribution is -0.134. The highest BCUT2D eigenvalue weighted by molar-refractivity contribution is 5.76. The van der Waals surface area contributed by atoms with Crippen molar-refractivity contribution in [2.75, 3.05) is 26.2 Å². The van der Waals surface area contributed by atoms with Gasteiger partial charge in [0, 0.05) is 25.7 Å². The van der Waals surface area contributed by atoms with Gasteiger partial charge >= 0.3 is 0 Å². The van der Waals surface area contributed by atoms with Crippen molar-refractivity contribution < 1.29 is 9.53 Å². The number of hydrogen-bond donors (Lipinski definition) is 1. The van der Waals surface area contributed by atoms with Crippen LogP contribution in [0.1, 0.15) is 44.9 Å². The van der Waals surface area contributed by atoms with Gasteiger partial charge in [-0.15, -0.1) is 0 Å². The van der Waals surface area contributed by atoms with E-state index in [2.05, 4.69) is 5.32 Å². The quantitative estimate of drug-likeness (QED) is 0.821. The zero-order valence-electron chi connectivity index (χ0n) is 11.8. The molecule has 4 heteroatoms. The minimum atomic E-state index is 0.193. The van der Waals surface area contributed by atoms with E-state index in [1.165, 1.54) is 19.4 Å². The SMILES string of the molecule is O=C(CC1CCCO1)N1CCC(NCC2CC2)CC1. The molecule has 0 aromatic heterocycles. The molecule has 1 amide bonds. The molecular formula is C15H26N2O2. The van der Waals surface area contributed by atoms with Crippen LogP contribution < -0.4 is 5.32 Å². The van der Waals surface area contributed by atoms with E-state index in [4.69, 9.17) is 4.74 Å². The molecule has 1 N–H and O–H groups in total. The monoisotopic (exact) mass is 266 g/mol. The van der Waals surface area contributed by atoms with Gasteiger partial charge in [0.1, 0.15) is 0 Å². The fourth-order valence-corrected chi connectivity index (χ4v) is 3.12. The molecule has 2 saturated heterocycles. The van der Waals surface area contributed by atoms with Crippen LogP contribution in [-0.4, -0.2) is 49.2 Å². The molecule has 1 unspecified atom stereocenters. The molecule has 19 heavy (non-hydrogen) atoms. The number of carbonyl (C=O) groups is 1. The Balaban J connectivity index is 1.35. The van der Waals surface area contributed by atoms with Crippen molar-refractivity contribution >= 4 is 5.91 Å². The third-order valence-electron chi connectivity index (χ3n) is 4.67. The lowest BCUT2D eigenvalue weighted by Gasteiger charge is -2.33. The van der Waals surface area contributed by atoms with Crippen molar-refractivity contribution in [2.24, 2.45) is 5.92 Å². The third kappa shape index (κ3) is 3.93. The maximum Gasteiger partial charge on any atom is 0.225 e. The molecule has 0 radical (unpaired) electrons. The van der Waals surface area contributed by atoms with E-state index in [9.17, 15) is 4.79 Å². The molecular weight excluding hydrogens is 240 g/mol. The van der Waals surface area contributed by atoms with Gasteiger partial charge in [0.25, 0.3) is 0 Å². The average molecular weight is 266 g/mol. The van der Waals surface area contributed by atoms with Crippen LogP contribution in [0, 0.1) is 5.92 Å². The van der Waals surface area contributed by atoms with E-state index in [0.717, 1.165) is 51.3 Å². The van der Waals surface area contributed by atoms with Crippen LogP contribution in [0.2, 0.25) is 0 Å². The molecule has 0 aromatic rings. The first-order valence-electron chi connectivity index (χ1n) is 7.94. The molecule has 0 bridgehead atoms. The zero-order valence-corrected chi connectivity index (χ0v) is 11.8. The Morgan fingerprint density at radius 3 is 2.58 bits per heavy atom. The first-order valence-corrected chi connectivity index (χ1v) is 7.94. The van der Waals surface area contributed by atoms with Crippen molar-refractivity contribution in [3.8, 4) is 0 Å². The molecule has 108 valence electrons. The molecule has 1 atom stereocenters. The Morgan fingerprint density at radius 2 is 1.95 bits per heavy atom. The summed E-state index contributed by atoms with van der Waals surface area (Å²) in [6.45, 7) is 3.88. The maximum absolute atomic E-state index is 12.2. The van der Waals surface area contributed by atoms with Gasteiger partial charge in [0.15, 0.2) is 0 Å². The van der Waals surface area contributed by atoms with E-state index in [0.29, 0.717) is 18.4 Å². The third-order valence-corrected chi connectivity index (χ3v) is 4.67. The van der Waals surface area contributed by atoms with Crippen LogP contribution in [0.5, 0.6) is 0 Å². The second-order valence-electron chi connectivity index (χ2n) is 6.35. The smallest absolute Gasteiger partial charge is 0.225 e. The number of ether oxygens (including phenoxy) is 1. The van der Waals surface area contributed by atoms with Gasteiger partial charge in [0.05, 0.1) is 12.5 Å². The predicted molar refractivity (Wildman–Crippen MR) is 73.9 cm³/mol. The van der Waals surface area contributed by atoms with Crippen LogP contribution in [0.25, 0.3) is 0 Å². The van der Waals surface area contributed by atoms with E-state index < -0.39 is 0 Å². The molecule has 2 aliphatic heterocycles. The van der Waals surface area contributed by atoms with Gasteiger partial charge in [-0.3, -0.25) is 4.79 Å². The van der Waals surface area contributed by atoms with Gasteiger partial charge < -0.3 is 15.0 Å². The zero-order chi connectivity index (χ0) is 13.1. The molecule has 2 heterocycles. The largest absolute Gasteiger partial charge is 0.378 e. The van der Waals surface area contributed by atoms with Crippen LogP contribution in [0.3, 0.4) is 0 Å². The number of hydrogen-bond acceptors (Lipinski definition) is 3. The van der Waals surface area contributed by atoms with E-state index in [1.54, 1.807) is 0 Å². The van der Waals surface area contributed by atoms with Gasteiger partial charge in [-0.25, -0.2) is 0 Å². The van der Waals surface area contributed by atoms with Crippen molar-refractivity contribution in [1.29, 1.82) is 0 Å². The number of rotatable bonds is 5. The predicted octanol–water partition coefficient (Wildman–Crippen LogP) is 1.55. The summed E-state index contributed by atoms with van der Waals surface area (Å²) in [5.41, 5.74) is 0. The normalized spacial score (nSPS) is 28.8. The van der Waals surface area contributed by atoms with Crippen LogP contribution in [0.15, 0.2) is 0 Å². The second kappa shape index (κ2) is 6.23. The number of amides is 1. The molecule has 0 aromatic carbocycles. The summed E-state index contributed by atoms with van der Waals surface area (Å²) in [5.74, 6) is 1.24. The van der Waals surface area contributed by atoms with Crippen molar-refractivity contribution in [1.82, 2.24) is 10.2 Å². The number of carbonyl (C=O) groups excluding carboxylic acids is 1. The fourth-order valence-electron chi connectivity index (χ4n) is 3.12. The summed E-state index contributed by atoms with van der Waals surface area (Å²) in [7, 11) is 0. The highest BCUT2D eigenvalue weighted by Crippen LogP contribution is 2.28.